The van der Waals surface area contributed by atoms with E-state index in [2.05, 4.69) is 19.9 Å². The third-order valence-corrected chi connectivity index (χ3v) is 3.20. The van der Waals surface area contributed by atoms with E-state index in [1.54, 1.807) is 4.90 Å². The van der Waals surface area contributed by atoms with E-state index in [0.717, 1.165) is 25.9 Å². The van der Waals surface area contributed by atoms with E-state index in [-0.39, 0.29) is 18.7 Å². The topological polar surface area (TPSA) is 101 Å². The molecule has 0 spiro atoms. The molecule has 3 N–H and O–H groups in total. The van der Waals surface area contributed by atoms with Crippen LogP contribution in [0.2, 0.25) is 0 Å². The number of ether oxygens (including phenoxy) is 1. The van der Waals surface area contributed by atoms with Crippen molar-refractivity contribution in [2.24, 2.45) is 0 Å². The van der Waals surface area contributed by atoms with Crippen molar-refractivity contribution in [3.8, 4) is 0 Å². The molecule has 1 aliphatic rings. The van der Waals surface area contributed by atoms with Gasteiger partial charge in [0.2, 0.25) is 17.8 Å². The number of hydrogen-bond acceptors (Lipinski definition) is 8. The van der Waals surface area contributed by atoms with Crippen molar-refractivity contribution in [1.82, 2.24) is 15.0 Å². The summed E-state index contributed by atoms with van der Waals surface area (Å²) in [6.07, 6.45) is 1.98. The van der Waals surface area contributed by atoms with E-state index < -0.39 is 0 Å². The zero-order chi connectivity index (χ0) is 14.5. The first kappa shape index (κ1) is 14.7. The Bertz CT molecular complexity index is 434. The second kappa shape index (κ2) is 6.67. The molecule has 8 nitrogen and oxygen atoms in total. The fraction of sp³-hybridized carbons (Fsp3) is 0.750. The van der Waals surface area contributed by atoms with E-state index in [1.807, 2.05) is 14.1 Å². The van der Waals surface area contributed by atoms with Crippen LogP contribution in [-0.4, -0.2) is 66.6 Å². The van der Waals surface area contributed by atoms with Gasteiger partial charge in [-0.05, 0) is 12.8 Å². The Balaban J connectivity index is 1.99. The molecule has 0 aromatic carbocycles. The number of anilines is 3. The Morgan fingerprint density at radius 2 is 2.00 bits per heavy atom. The summed E-state index contributed by atoms with van der Waals surface area (Å²) in [5, 5.41) is 8.76. The Kier molecular flexibility index (Phi) is 4.91. The lowest BCUT2D eigenvalue weighted by atomic mass is 10.1. The Morgan fingerprint density at radius 3 is 2.60 bits per heavy atom. The summed E-state index contributed by atoms with van der Waals surface area (Å²) >= 11 is 0. The first-order chi connectivity index (χ1) is 9.60. The number of nitrogens with two attached hydrogens (primary N) is 1. The summed E-state index contributed by atoms with van der Waals surface area (Å²) in [7, 11) is 3.74. The third kappa shape index (κ3) is 3.67. The molecule has 1 aromatic heterocycles. The third-order valence-electron chi connectivity index (χ3n) is 3.20. The monoisotopic (exact) mass is 282 g/mol. The van der Waals surface area contributed by atoms with E-state index in [1.165, 1.54) is 0 Å². The summed E-state index contributed by atoms with van der Waals surface area (Å²) < 4.78 is 5.54. The van der Waals surface area contributed by atoms with Crippen LogP contribution in [0.25, 0.3) is 0 Å². The van der Waals surface area contributed by atoms with Crippen LogP contribution in [0.1, 0.15) is 12.8 Å². The van der Waals surface area contributed by atoms with Gasteiger partial charge in [0.05, 0.1) is 19.3 Å². The highest BCUT2D eigenvalue weighted by molar-refractivity contribution is 5.42. The fourth-order valence-corrected chi connectivity index (χ4v) is 2.15. The van der Waals surface area contributed by atoms with Crippen molar-refractivity contribution < 1.29 is 9.84 Å². The normalized spacial score (nSPS) is 16.4. The number of aliphatic hydroxyl groups excluding tert-OH is 1. The summed E-state index contributed by atoms with van der Waals surface area (Å²) in [6, 6.07) is 0. The average molecular weight is 282 g/mol. The van der Waals surface area contributed by atoms with Crippen LogP contribution in [0.5, 0.6) is 0 Å². The van der Waals surface area contributed by atoms with E-state index in [0.29, 0.717) is 18.5 Å². The Labute approximate surface area is 118 Å². The molecule has 0 saturated carbocycles. The lowest BCUT2D eigenvalue weighted by molar-refractivity contribution is 0.0157. The van der Waals surface area contributed by atoms with E-state index in [9.17, 15) is 0 Å². The minimum absolute atomic E-state index is 0.0659. The molecule has 0 unspecified atom stereocenters. The summed E-state index contributed by atoms with van der Waals surface area (Å²) in [4.78, 5) is 16.6. The average Bonchev–Trinajstić information content (AvgIpc) is 2.45. The zero-order valence-electron chi connectivity index (χ0n) is 12.0. The molecule has 0 atom stereocenters. The molecular weight excluding hydrogens is 260 g/mol. The predicted octanol–water partition coefficient (Wildman–Crippen LogP) is -0.502. The Hall–Kier alpha value is -1.67. The standard InChI is InChI=1S/C12H22N6O2/c1-17(2)11-14-10(13)15-12(16-11)18-5-3-9(4-6-18)20-8-7-19/h9,19H,3-8H2,1-2H3,(H2,13,14,15,16). The van der Waals surface area contributed by atoms with Crippen LogP contribution in [0, 0.1) is 0 Å². The number of aliphatic hydroxyl groups is 1. The maximum absolute atomic E-state index is 8.76. The second-order valence-electron chi connectivity index (χ2n) is 4.97. The van der Waals surface area contributed by atoms with Gasteiger partial charge < -0.3 is 25.4 Å². The molecule has 2 rings (SSSR count). The molecule has 1 fully saturated rings. The smallest absolute Gasteiger partial charge is 0.231 e. The maximum Gasteiger partial charge on any atom is 0.231 e. The van der Waals surface area contributed by atoms with Gasteiger partial charge >= 0.3 is 0 Å². The van der Waals surface area contributed by atoms with Crippen molar-refractivity contribution in [2.45, 2.75) is 18.9 Å². The van der Waals surface area contributed by atoms with Crippen molar-refractivity contribution in [1.29, 1.82) is 0 Å². The largest absolute Gasteiger partial charge is 0.394 e. The van der Waals surface area contributed by atoms with Gasteiger partial charge in [-0.25, -0.2) is 0 Å². The lowest BCUT2D eigenvalue weighted by Gasteiger charge is -2.32. The molecule has 1 aromatic rings. The van der Waals surface area contributed by atoms with Crippen molar-refractivity contribution in [3.05, 3.63) is 0 Å². The van der Waals surface area contributed by atoms with Gasteiger partial charge in [-0.2, -0.15) is 15.0 Å². The molecule has 1 saturated heterocycles. The fourth-order valence-electron chi connectivity index (χ4n) is 2.15. The van der Waals surface area contributed by atoms with Gasteiger partial charge in [0.15, 0.2) is 0 Å². The number of nitrogens with zero attached hydrogens (tertiary/aromatic N) is 5. The molecular formula is C12H22N6O2. The Morgan fingerprint density at radius 1 is 1.30 bits per heavy atom. The van der Waals surface area contributed by atoms with Crippen LogP contribution in [0.4, 0.5) is 17.8 Å². The number of piperidine rings is 1. The summed E-state index contributed by atoms with van der Waals surface area (Å²) in [6.45, 7) is 2.09. The van der Waals surface area contributed by atoms with Crippen molar-refractivity contribution in [2.75, 3.05) is 55.9 Å². The first-order valence-corrected chi connectivity index (χ1v) is 6.76. The molecule has 2 heterocycles. The second-order valence-corrected chi connectivity index (χ2v) is 4.97. The minimum Gasteiger partial charge on any atom is -0.394 e. The number of hydrogen-bond donors (Lipinski definition) is 2. The lowest BCUT2D eigenvalue weighted by Crippen LogP contribution is -2.38. The molecule has 0 bridgehead atoms. The number of aromatic nitrogens is 3. The SMILES string of the molecule is CN(C)c1nc(N)nc(N2CCC(OCCO)CC2)n1. The van der Waals surface area contributed by atoms with Crippen LogP contribution < -0.4 is 15.5 Å². The maximum atomic E-state index is 8.76. The van der Waals surface area contributed by atoms with E-state index in [4.69, 9.17) is 15.6 Å². The highest BCUT2D eigenvalue weighted by atomic mass is 16.5. The van der Waals surface area contributed by atoms with Crippen molar-refractivity contribution in [3.63, 3.8) is 0 Å². The first-order valence-electron chi connectivity index (χ1n) is 6.76. The molecule has 20 heavy (non-hydrogen) atoms. The summed E-state index contributed by atoms with van der Waals surface area (Å²) in [5.74, 6) is 1.41. The molecule has 1 aliphatic heterocycles. The van der Waals surface area contributed by atoms with Crippen LogP contribution >= 0.6 is 0 Å². The van der Waals surface area contributed by atoms with Gasteiger partial charge in [0.1, 0.15) is 0 Å². The van der Waals surface area contributed by atoms with Gasteiger partial charge in [0, 0.05) is 27.2 Å². The highest BCUT2D eigenvalue weighted by Crippen LogP contribution is 2.20. The van der Waals surface area contributed by atoms with Gasteiger partial charge in [-0.3, -0.25) is 0 Å². The molecule has 8 heteroatoms. The van der Waals surface area contributed by atoms with Crippen LogP contribution in [0.3, 0.4) is 0 Å². The predicted molar refractivity (Wildman–Crippen MR) is 76.8 cm³/mol. The minimum atomic E-state index is 0.0659. The molecule has 0 amide bonds. The zero-order valence-corrected chi connectivity index (χ0v) is 12.0. The molecule has 0 radical (unpaired) electrons. The van der Waals surface area contributed by atoms with E-state index >= 15 is 0 Å². The quantitative estimate of drug-likeness (QED) is 0.745. The number of rotatable bonds is 5. The number of nitrogen functional groups attached to an aromatic ring is 1. The van der Waals surface area contributed by atoms with Crippen LogP contribution in [0.15, 0.2) is 0 Å². The summed E-state index contributed by atoms with van der Waals surface area (Å²) in [5.41, 5.74) is 5.73. The molecule has 112 valence electrons. The van der Waals surface area contributed by atoms with Gasteiger partial charge in [-0.15, -0.1) is 0 Å². The van der Waals surface area contributed by atoms with Crippen LogP contribution in [-0.2, 0) is 4.74 Å². The molecule has 0 aliphatic carbocycles. The van der Waals surface area contributed by atoms with Crippen molar-refractivity contribution >= 4 is 17.8 Å². The van der Waals surface area contributed by atoms with Gasteiger partial charge in [0.25, 0.3) is 0 Å². The van der Waals surface area contributed by atoms with Gasteiger partial charge in [-0.1, -0.05) is 0 Å². The highest BCUT2D eigenvalue weighted by Gasteiger charge is 2.22.